The summed E-state index contributed by atoms with van der Waals surface area (Å²) in [6.07, 6.45) is 8.03. The van der Waals surface area contributed by atoms with E-state index >= 15 is 0 Å². The van der Waals surface area contributed by atoms with E-state index in [0.717, 1.165) is 17.8 Å². The van der Waals surface area contributed by atoms with Crippen LogP contribution in [0.15, 0.2) is 0 Å². The van der Waals surface area contributed by atoms with Crippen molar-refractivity contribution < 1.29 is 4.79 Å². The van der Waals surface area contributed by atoms with Gasteiger partial charge in [0.2, 0.25) is 5.24 Å². The number of carbonyl (C=O) groups is 1. The molecule has 1 nitrogen and oxygen atoms in total. The standard InChI is InChI=1S/C14H21ClO/c1-13(2,12(15)16)14-6-9-3-10(7-14)5-11(4-9)8-14/h9-11H,3-8H2,1-2H3. The van der Waals surface area contributed by atoms with E-state index in [4.69, 9.17) is 11.6 Å². The zero-order chi connectivity index (χ0) is 11.6. The molecule has 0 heterocycles. The summed E-state index contributed by atoms with van der Waals surface area (Å²) in [4.78, 5) is 11.7. The van der Waals surface area contributed by atoms with E-state index < -0.39 is 0 Å². The molecule has 4 aliphatic carbocycles. The molecule has 0 aromatic carbocycles. The van der Waals surface area contributed by atoms with Crippen LogP contribution in [-0.2, 0) is 4.79 Å². The molecule has 16 heavy (non-hydrogen) atoms. The van der Waals surface area contributed by atoms with Crippen molar-refractivity contribution in [2.45, 2.75) is 52.4 Å². The lowest BCUT2D eigenvalue weighted by atomic mass is 9.43. The van der Waals surface area contributed by atoms with Crippen molar-refractivity contribution in [2.24, 2.45) is 28.6 Å². The predicted octanol–water partition coefficient (Wildman–Crippen LogP) is 3.99. The molecule has 4 rings (SSSR count). The Kier molecular flexibility index (Phi) is 2.25. The quantitative estimate of drug-likeness (QED) is 0.667. The summed E-state index contributed by atoms with van der Waals surface area (Å²) in [6.45, 7) is 4.16. The largest absolute Gasteiger partial charge is 0.281 e. The van der Waals surface area contributed by atoms with E-state index in [-0.39, 0.29) is 16.1 Å². The van der Waals surface area contributed by atoms with E-state index in [2.05, 4.69) is 13.8 Å². The number of carbonyl (C=O) groups excluding carboxylic acids is 1. The third-order valence-electron chi connectivity index (χ3n) is 5.86. The highest BCUT2D eigenvalue weighted by Gasteiger charge is 2.58. The molecular weight excluding hydrogens is 220 g/mol. The Morgan fingerprint density at radius 1 is 1.06 bits per heavy atom. The Morgan fingerprint density at radius 2 is 1.44 bits per heavy atom. The molecule has 4 saturated carbocycles. The van der Waals surface area contributed by atoms with Crippen molar-refractivity contribution in [3.8, 4) is 0 Å². The second-order valence-electron chi connectivity index (χ2n) is 7.10. The zero-order valence-corrected chi connectivity index (χ0v) is 11.0. The molecule has 0 aliphatic heterocycles. The Labute approximate surface area is 103 Å². The van der Waals surface area contributed by atoms with E-state index in [1.54, 1.807) is 0 Å². The fourth-order valence-electron chi connectivity index (χ4n) is 5.08. The molecule has 0 saturated heterocycles. The molecule has 4 bridgehead atoms. The molecule has 4 aliphatic rings. The van der Waals surface area contributed by atoms with Gasteiger partial charge in [0.15, 0.2) is 0 Å². The summed E-state index contributed by atoms with van der Waals surface area (Å²) >= 11 is 5.87. The van der Waals surface area contributed by atoms with Crippen LogP contribution in [0.1, 0.15) is 52.4 Å². The second-order valence-corrected chi connectivity index (χ2v) is 7.44. The Bertz CT molecular complexity index is 296. The van der Waals surface area contributed by atoms with Crippen molar-refractivity contribution in [3.63, 3.8) is 0 Å². The topological polar surface area (TPSA) is 17.1 Å². The number of halogens is 1. The van der Waals surface area contributed by atoms with Crippen LogP contribution in [0, 0.1) is 28.6 Å². The molecule has 0 spiro atoms. The molecule has 0 aromatic rings. The number of hydrogen-bond donors (Lipinski definition) is 0. The highest BCUT2D eigenvalue weighted by atomic mass is 35.5. The van der Waals surface area contributed by atoms with Gasteiger partial charge in [-0.1, -0.05) is 13.8 Å². The SMILES string of the molecule is CC(C)(C(=O)Cl)C12CC3CC(CC(C3)C1)C2. The van der Waals surface area contributed by atoms with Crippen molar-refractivity contribution >= 4 is 16.8 Å². The predicted molar refractivity (Wildman–Crippen MR) is 65.2 cm³/mol. The van der Waals surface area contributed by atoms with Crippen LogP contribution in [0.4, 0.5) is 0 Å². The monoisotopic (exact) mass is 240 g/mol. The molecule has 4 fully saturated rings. The molecule has 0 aromatic heterocycles. The first kappa shape index (κ1) is 11.1. The average Bonchev–Trinajstić information content (AvgIpc) is 2.14. The molecular formula is C14H21ClO. The molecule has 0 unspecified atom stereocenters. The first-order valence-corrected chi connectivity index (χ1v) is 7.01. The highest BCUT2D eigenvalue weighted by Crippen LogP contribution is 2.66. The maximum atomic E-state index is 11.7. The van der Waals surface area contributed by atoms with Gasteiger partial charge in [0.05, 0.1) is 0 Å². The van der Waals surface area contributed by atoms with Crippen LogP contribution in [-0.4, -0.2) is 5.24 Å². The van der Waals surface area contributed by atoms with Gasteiger partial charge in [-0.3, -0.25) is 4.79 Å². The summed E-state index contributed by atoms with van der Waals surface area (Å²) in [5, 5.41) is -0.116. The van der Waals surface area contributed by atoms with Crippen LogP contribution < -0.4 is 0 Å². The Hall–Kier alpha value is -0.0400. The van der Waals surface area contributed by atoms with E-state index in [0.29, 0.717) is 0 Å². The van der Waals surface area contributed by atoms with Crippen molar-refractivity contribution in [1.29, 1.82) is 0 Å². The van der Waals surface area contributed by atoms with Gasteiger partial charge in [0, 0.05) is 5.41 Å². The van der Waals surface area contributed by atoms with Crippen LogP contribution in [0.3, 0.4) is 0 Å². The van der Waals surface area contributed by atoms with Crippen LogP contribution in [0.2, 0.25) is 0 Å². The molecule has 0 atom stereocenters. The fourth-order valence-corrected chi connectivity index (χ4v) is 5.29. The molecule has 0 amide bonds. The zero-order valence-electron chi connectivity index (χ0n) is 10.3. The van der Waals surface area contributed by atoms with Gasteiger partial charge >= 0.3 is 0 Å². The Morgan fingerprint density at radius 3 is 1.75 bits per heavy atom. The molecule has 90 valence electrons. The third-order valence-corrected chi connectivity index (χ3v) is 6.33. The lowest BCUT2D eigenvalue weighted by Gasteiger charge is -2.61. The van der Waals surface area contributed by atoms with Gasteiger partial charge in [-0.2, -0.15) is 0 Å². The molecule has 2 heteroatoms. The summed E-state index contributed by atoms with van der Waals surface area (Å²) in [5.41, 5.74) is -0.0782. The van der Waals surface area contributed by atoms with Crippen molar-refractivity contribution in [1.82, 2.24) is 0 Å². The summed E-state index contributed by atoms with van der Waals surface area (Å²) in [7, 11) is 0. The Balaban J connectivity index is 1.97. The van der Waals surface area contributed by atoms with Gasteiger partial charge in [-0.05, 0) is 73.3 Å². The summed E-state index contributed by atoms with van der Waals surface area (Å²) in [5.74, 6) is 2.67. The lowest BCUT2D eigenvalue weighted by molar-refractivity contribution is -0.147. The minimum Gasteiger partial charge on any atom is -0.281 e. The first-order valence-electron chi connectivity index (χ1n) is 6.63. The van der Waals surface area contributed by atoms with Crippen LogP contribution >= 0.6 is 11.6 Å². The summed E-state index contributed by atoms with van der Waals surface area (Å²) in [6, 6.07) is 0. The number of hydrogen-bond acceptors (Lipinski definition) is 1. The number of rotatable bonds is 2. The van der Waals surface area contributed by atoms with Crippen LogP contribution in [0.25, 0.3) is 0 Å². The average molecular weight is 241 g/mol. The van der Waals surface area contributed by atoms with Gasteiger partial charge in [0.25, 0.3) is 0 Å². The van der Waals surface area contributed by atoms with Crippen molar-refractivity contribution in [3.05, 3.63) is 0 Å². The van der Waals surface area contributed by atoms with Gasteiger partial charge < -0.3 is 0 Å². The van der Waals surface area contributed by atoms with Crippen molar-refractivity contribution in [2.75, 3.05) is 0 Å². The van der Waals surface area contributed by atoms with Crippen LogP contribution in [0.5, 0.6) is 0 Å². The maximum Gasteiger partial charge on any atom is 0.227 e. The fraction of sp³-hybridized carbons (Fsp3) is 0.929. The lowest BCUT2D eigenvalue weighted by Crippen LogP contribution is -2.54. The van der Waals surface area contributed by atoms with Gasteiger partial charge in [-0.25, -0.2) is 0 Å². The summed E-state index contributed by atoms with van der Waals surface area (Å²) < 4.78 is 0. The second kappa shape index (κ2) is 3.25. The van der Waals surface area contributed by atoms with E-state index in [9.17, 15) is 4.79 Å². The minimum absolute atomic E-state index is 0.116. The van der Waals surface area contributed by atoms with E-state index in [1.165, 1.54) is 38.5 Å². The normalized spacial score (nSPS) is 46.1. The smallest absolute Gasteiger partial charge is 0.227 e. The molecule has 0 radical (unpaired) electrons. The van der Waals surface area contributed by atoms with E-state index in [1.807, 2.05) is 0 Å². The van der Waals surface area contributed by atoms with Gasteiger partial charge in [-0.15, -0.1) is 0 Å². The van der Waals surface area contributed by atoms with Gasteiger partial charge in [0.1, 0.15) is 0 Å². The maximum absolute atomic E-state index is 11.7. The minimum atomic E-state index is -0.315. The highest BCUT2D eigenvalue weighted by molar-refractivity contribution is 6.64. The first-order chi connectivity index (χ1) is 7.43. The molecule has 0 N–H and O–H groups in total. The third kappa shape index (κ3) is 1.33.